The van der Waals surface area contributed by atoms with Crippen molar-refractivity contribution in [2.45, 2.75) is 13.5 Å². The van der Waals surface area contributed by atoms with E-state index < -0.39 is 5.82 Å². The highest BCUT2D eigenvalue weighted by Gasteiger charge is 2.09. The third-order valence-corrected chi connectivity index (χ3v) is 3.52. The van der Waals surface area contributed by atoms with Gasteiger partial charge in [-0.1, -0.05) is 6.92 Å². The zero-order valence-corrected chi connectivity index (χ0v) is 10.3. The maximum atomic E-state index is 13.5. The van der Waals surface area contributed by atoms with Crippen LogP contribution in [-0.4, -0.2) is 6.54 Å². The molecule has 0 aliphatic carbocycles. The van der Waals surface area contributed by atoms with Crippen molar-refractivity contribution in [3.05, 3.63) is 46.8 Å². The van der Waals surface area contributed by atoms with Crippen molar-refractivity contribution in [2.24, 2.45) is 0 Å². The van der Waals surface area contributed by atoms with E-state index in [2.05, 4.69) is 5.32 Å². The van der Waals surface area contributed by atoms with E-state index in [0.717, 1.165) is 35.0 Å². The highest BCUT2D eigenvalue weighted by molar-refractivity contribution is 7.15. The Bertz CT molecular complexity index is 508. The molecule has 1 N–H and O–H groups in total. The number of hydrogen-bond donors (Lipinski definition) is 1. The Hall–Kier alpha value is -1.26. The van der Waals surface area contributed by atoms with Crippen LogP contribution in [0.1, 0.15) is 11.8 Å². The quantitative estimate of drug-likeness (QED) is 0.873. The van der Waals surface area contributed by atoms with Crippen LogP contribution in [0.3, 0.4) is 0 Å². The summed E-state index contributed by atoms with van der Waals surface area (Å²) in [6.45, 7) is 3.68. The maximum Gasteiger partial charge on any atom is 0.132 e. The second-order valence-corrected chi connectivity index (χ2v) is 4.84. The SMILES string of the molecule is CCNCc1ccc(-c2cc(F)ccc2F)s1. The number of hydrogen-bond acceptors (Lipinski definition) is 2. The molecule has 0 saturated carbocycles. The van der Waals surface area contributed by atoms with E-state index in [-0.39, 0.29) is 5.82 Å². The fourth-order valence-corrected chi connectivity index (χ4v) is 2.55. The molecule has 1 aromatic heterocycles. The average molecular weight is 253 g/mol. The van der Waals surface area contributed by atoms with Crippen LogP contribution < -0.4 is 5.32 Å². The zero-order valence-electron chi connectivity index (χ0n) is 9.47. The van der Waals surface area contributed by atoms with Gasteiger partial charge in [-0.05, 0) is 36.9 Å². The molecule has 0 amide bonds. The van der Waals surface area contributed by atoms with E-state index in [0.29, 0.717) is 5.56 Å². The summed E-state index contributed by atoms with van der Waals surface area (Å²) in [6, 6.07) is 7.29. The van der Waals surface area contributed by atoms with E-state index in [9.17, 15) is 8.78 Å². The standard InChI is InChI=1S/C13H13F2NS/c1-2-16-8-10-4-6-13(17-10)11-7-9(14)3-5-12(11)15/h3-7,16H,2,8H2,1H3. The minimum atomic E-state index is -0.414. The highest BCUT2D eigenvalue weighted by Crippen LogP contribution is 2.30. The highest BCUT2D eigenvalue weighted by atomic mass is 32.1. The Balaban J connectivity index is 2.27. The largest absolute Gasteiger partial charge is 0.312 e. The smallest absolute Gasteiger partial charge is 0.132 e. The molecule has 0 aliphatic heterocycles. The maximum absolute atomic E-state index is 13.5. The summed E-state index contributed by atoms with van der Waals surface area (Å²) in [5.41, 5.74) is 0.331. The van der Waals surface area contributed by atoms with Gasteiger partial charge in [-0.15, -0.1) is 11.3 Å². The normalized spacial score (nSPS) is 10.8. The lowest BCUT2D eigenvalue weighted by Gasteiger charge is -2.00. The van der Waals surface area contributed by atoms with Crippen LogP contribution in [0.4, 0.5) is 8.78 Å². The first-order valence-electron chi connectivity index (χ1n) is 5.45. The van der Waals surface area contributed by atoms with Gasteiger partial charge in [-0.3, -0.25) is 0 Å². The molecule has 0 aliphatic rings. The molecule has 0 radical (unpaired) electrons. The first-order valence-corrected chi connectivity index (χ1v) is 6.27. The summed E-state index contributed by atoms with van der Waals surface area (Å²) in [6.07, 6.45) is 0. The van der Waals surface area contributed by atoms with Gasteiger partial charge in [0.15, 0.2) is 0 Å². The first-order chi connectivity index (χ1) is 8.20. The molecule has 17 heavy (non-hydrogen) atoms. The molecule has 90 valence electrons. The topological polar surface area (TPSA) is 12.0 Å². The molecule has 0 unspecified atom stereocenters. The van der Waals surface area contributed by atoms with Crippen LogP contribution in [-0.2, 0) is 6.54 Å². The van der Waals surface area contributed by atoms with Crippen molar-refractivity contribution in [1.82, 2.24) is 5.32 Å². The first kappa shape index (κ1) is 12.2. The fourth-order valence-electron chi connectivity index (χ4n) is 1.55. The Kier molecular flexibility index (Phi) is 3.86. The molecule has 0 fully saturated rings. The number of halogens is 2. The number of nitrogens with one attached hydrogen (secondary N) is 1. The Morgan fingerprint density at radius 3 is 2.76 bits per heavy atom. The minimum absolute atomic E-state index is 0.331. The predicted octanol–water partition coefficient (Wildman–Crippen LogP) is 3.80. The van der Waals surface area contributed by atoms with Crippen molar-refractivity contribution < 1.29 is 8.78 Å². The van der Waals surface area contributed by atoms with Gasteiger partial charge in [0, 0.05) is 21.9 Å². The van der Waals surface area contributed by atoms with E-state index in [1.807, 2.05) is 19.1 Å². The molecular weight excluding hydrogens is 240 g/mol. The van der Waals surface area contributed by atoms with Crippen molar-refractivity contribution >= 4 is 11.3 Å². The third-order valence-electron chi connectivity index (χ3n) is 2.40. The molecule has 1 aromatic carbocycles. The summed E-state index contributed by atoms with van der Waals surface area (Å²) < 4.78 is 26.6. The lowest BCUT2D eigenvalue weighted by molar-refractivity contribution is 0.603. The number of benzene rings is 1. The Labute approximate surface area is 103 Å². The van der Waals surface area contributed by atoms with Gasteiger partial charge in [0.1, 0.15) is 11.6 Å². The van der Waals surface area contributed by atoms with Gasteiger partial charge in [0.25, 0.3) is 0 Å². The van der Waals surface area contributed by atoms with E-state index in [4.69, 9.17) is 0 Å². The van der Waals surface area contributed by atoms with Crippen LogP contribution in [0.2, 0.25) is 0 Å². The summed E-state index contributed by atoms with van der Waals surface area (Å²) in [4.78, 5) is 1.88. The van der Waals surface area contributed by atoms with Crippen LogP contribution in [0.25, 0.3) is 10.4 Å². The van der Waals surface area contributed by atoms with Crippen LogP contribution in [0, 0.1) is 11.6 Å². The molecule has 1 nitrogen and oxygen atoms in total. The van der Waals surface area contributed by atoms with Crippen LogP contribution in [0.15, 0.2) is 30.3 Å². The Morgan fingerprint density at radius 1 is 1.18 bits per heavy atom. The lowest BCUT2D eigenvalue weighted by Crippen LogP contribution is -2.10. The van der Waals surface area contributed by atoms with Crippen molar-refractivity contribution in [3.8, 4) is 10.4 Å². The summed E-state index contributed by atoms with van der Waals surface area (Å²) in [7, 11) is 0. The molecule has 0 atom stereocenters. The fraction of sp³-hybridized carbons (Fsp3) is 0.231. The van der Waals surface area contributed by atoms with Gasteiger partial charge in [-0.2, -0.15) is 0 Å². The van der Waals surface area contributed by atoms with Crippen LogP contribution >= 0.6 is 11.3 Å². The van der Waals surface area contributed by atoms with Gasteiger partial charge in [0.05, 0.1) is 0 Å². The average Bonchev–Trinajstić information content (AvgIpc) is 2.78. The van der Waals surface area contributed by atoms with E-state index >= 15 is 0 Å². The number of thiophene rings is 1. The predicted molar refractivity (Wildman–Crippen MR) is 67.1 cm³/mol. The number of rotatable bonds is 4. The minimum Gasteiger partial charge on any atom is -0.312 e. The van der Waals surface area contributed by atoms with Crippen molar-refractivity contribution in [1.29, 1.82) is 0 Å². The van der Waals surface area contributed by atoms with Gasteiger partial charge >= 0.3 is 0 Å². The lowest BCUT2D eigenvalue weighted by atomic mass is 10.2. The molecule has 2 rings (SSSR count). The molecule has 0 spiro atoms. The third kappa shape index (κ3) is 2.90. The van der Waals surface area contributed by atoms with E-state index in [1.165, 1.54) is 17.4 Å². The van der Waals surface area contributed by atoms with Crippen LogP contribution in [0.5, 0.6) is 0 Å². The van der Waals surface area contributed by atoms with Gasteiger partial charge < -0.3 is 5.32 Å². The molecule has 4 heteroatoms. The summed E-state index contributed by atoms with van der Waals surface area (Å²) >= 11 is 1.48. The van der Waals surface area contributed by atoms with Gasteiger partial charge in [-0.25, -0.2) is 8.78 Å². The van der Waals surface area contributed by atoms with Crippen molar-refractivity contribution in [2.75, 3.05) is 6.54 Å². The molecule has 0 bridgehead atoms. The molecule has 2 aromatic rings. The second kappa shape index (κ2) is 5.38. The monoisotopic (exact) mass is 253 g/mol. The summed E-state index contributed by atoms with van der Waals surface area (Å²) in [5, 5.41) is 3.20. The van der Waals surface area contributed by atoms with Crippen molar-refractivity contribution in [3.63, 3.8) is 0 Å². The molecule has 0 saturated heterocycles. The van der Waals surface area contributed by atoms with E-state index in [1.54, 1.807) is 0 Å². The Morgan fingerprint density at radius 2 is 2.00 bits per heavy atom. The summed E-state index contributed by atoms with van der Waals surface area (Å²) in [5.74, 6) is -0.800. The zero-order chi connectivity index (χ0) is 12.3. The second-order valence-electron chi connectivity index (χ2n) is 3.67. The van der Waals surface area contributed by atoms with Gasteiger partial charge in [0.2, 0.25) is 0 Å². The molecule has 1 heterocycles. The molecular formula is C13H13F2NS.